The molecule has 0 atom stereocenters. The molecule has 0 bridgehead atoms. The van der Waals surface area contributed by atoms with Crippen molar-refractivity contribution in [2.24, 2.45) is 7.05 Å². The Kier molecular flexibility index (Phi) is 4.45. The number of aryl methyl sites for hydroxylation is 1. The minimum Gasteiger partial charge on any atom is -0.486 e. The highest BCUT2D eigenvalue weighted by Gasteiger charge is 2.16. The van der Waals surface area contributed by atoms with E-state index < -0.39 is 0 Å². The van der Waals surface area contributed by atoms with E-state index in [2.05, 4.69) is 32.4 Å². The number of hydrogen-bond acceptors (Lipinski definition) is 4. The summed E-state index contributed by atoms with van der Waals surface area (Å²) in [6.07, 6.45) is 4.92. The van der Waals surface area contributed by atoms with Crippen LogP contribution in [0.1, 0.15) is 11.1 Å². The van der Waals surface area contributed by atoms with Gasteiger partial charge in [-0.1, -0.05) is 0 Å². The van der Waals surface area contributed by atoms with Crippen LogP contribution in [0.5, 0.6) is 11.5 Å². The Labute approximate surface area is 132 Å². The molecular formula is C15H18BrN3O2. The SMILES string of the molecule is Cn1cc(CCNCc2cc(Br)c3c(c2)OCCO3)cn1. The van der Waals surface area contributed by atoms with Crippen LogP contribution in [0.2, 0.25) is 0 Å². The molecule has 0 amide bonds. The first-order chi connectivity index (χ1) is 10.2. The highest BCUT2D eigenvalue weighted by atomic mass is 79.9. The highest BCUT2D eigenvalue weighted by molar-refractivity contribution is 9.10. The maximum absolute atomic E-state index is 5.63. The molecule has 1 aromatic heterocycles. The predicted molar refractivity (Wildman–Crippen MR) is 83.8 cm³/mol. The lowest BCUT2D eigenvalue weighted by atomic mass is 10.2. The van der Waals surface area contributed by atoms with Crippen molar-refractivity contribution in [2.75, 3.05) is 19.8 Å². The predicted octanol–water partition coefficient (Wildman–Crippen LogP) is 2.29. The molecule has 1 aliphatic heterocycles. The van der Waals surface area contributed by atoms with Gasteiger partial charge in [0.15, 0.2) is 11.5 Å². The zero-order valence-corrected chi connectivity index (χ0v) is 13.5. The molecule has 21 heavy (non-hydrogen) atoms. The van der Waals surface area contributed by atoms with Crippen LogP contribution in [0.3, 0.4) is 0 Å². The molecule has 1 aliphatic rings. The second-order valence-corrected chi connectivity index (χ2v) is 5.91. The van der Waals surface area contributed by atoms with E-state index in [9.17, 15) is 0 Å². The zero-order valence-electron chi connectivity index (χ0n) is 11.9. The van der Waals surface area contributed by atoms with Crippen molar-refractivity contribution < 1.29 is 9.47 Å². The van der Waals surface area contributed by atoms with Crippen LogP contribution >= 0.6 is 15.9 Å². The largest absolute Gasteiger partial charge is 0.486 e. The average Bonchev–Trinajstić information content (AvgIpc) is 2.89. The van der Waals surface area contributed by atoms with E-state index >= 15 is 0 Å². The molecular weight excluding hydrogens is 334 g/mol. The van der Waals surface area contributed by atoms with Gasteiger partial charge in [0, 0.05) is 19.8 Å². The van der Waals surface area contributed by atoms with Gasteiger partial charge < -0.3 is 14.8 Å². The van der Waals surface area contributed by atoms with Gasteiger partial charge >= 0.3 is 0 Å². The van der Waals surface area contributed by atoms with E-state index in [0.717, 1.165) is 35.5 Å². The third-order valence-electron chi connectivity index (χ3n) is 3.33. The third-order valence-corrected chi connectivity index (χ3v) is 3.92. The third kappa shape index (κ3) is 3.57. The molecule has 2 heterocycles. The lowest BCUT2D eigenvalue weighted by molar-refractivity contribution is 0.170. The molecule has 0 radical (unpaired) electrons. The number of nitrogens with one attached hydrogen (secondary N) is 1. The molecule has 1 N–H and O–H groups in total. The Balaban J connectivity index is 1.54. The van der Waals surface area contributed by atoms with E-state index in [4.69, 9.17) is 9.47 Å². The number of fused-ring (bicyclic) bond motifs is 1. The fourth-order valence-electron chi connectivity index (χ4n) is 2.33. The van der Waals surface area contributed by atoms with Crippen molar-refractivity contribution in [3.8, 4) is 11.5 Å². The van der Waals surface area contributed by atoms with Crippen molar-refractivity contribution in [3.63, 3.8) is 0 Å². The van der Waals surface area contributed by atoms with Crippen molar-refractivity contribution in [1.29, 1.82) is 0 Å². The summed E-state index contributed by atoms with van der Waals surface area (Å²) in [6, 6.07) is 4.11. The van der Waals surface area contributed by atoms with E-state index in [0.29, 0.717) is 13.2 Å². The summed E-state index contributed by atoms with van der Waals surface area (Å²) in [7, 11) is 1.93. The maximum Gasteiger partial charge on any atom is 0.175 e. The maximum atomic E-state index is 5.63. The molecule has 0 saturated heterocycles. The lowest BCUT2D eigenvalue weighted by Gasteiger charge is -2.20. The van der Waals surface area contributed by atoms with Gasteiger partial charge in [0.25, 0.3) is 0 Å². The molecule has 0 saturated carbocycles. The summed E-state index contributed by atoms with van der Waals surface area (Å²) in [5.74, 6) is 1.63. The van der Waals surface area contributed by atoms with Gasteiger partial charge in [-0.3, -0.25) is 4.68 Å². The molecule has 0 unspecified atom stereocenters. The van der Waals surface area contributed by atoms with Crippen molar-refractivity contribution in [2.45, 2.75) is 13.0 Å². The van der Waals surface area contributed by atoms with Gasteiger partial charge in [-0.2, -0.15) is 5.10 Å². The highest BCUT2D eigenvalue weighted by Crippen LogP contribution is 2.38. The average molecular weight is 352 g/mol. The lowest BCUT2D eigenvalue weighted by Crippen LogP contribution is -2.18. The topological polar surface area (TPSA) is 48.3 Å². The zero-order chi connectivity index (χ0) is 14.7. The standard InChI is InChI=1S/C15H18BrN3O2/c1-19-10-11(9-18-19)2-3-17-8-12-6-13(16)15-14(7-12)20-4-5-21-15/h6-7,9-10,17H,2-5,8H2,1H3. The van der Waals surface area contributed by atoms with Crippen LogP contribution in [0, 0.1) is 0 Å². The minimum atomic E-state index is 0.605. The first-order valence-electron chi connectivity index (χ1n) is 6.98. The van der Waals surface area contributed by atoms with Gasteiger partial charge in [0.2, 0.25) is 0 Å². The first-order valence-corrected chi connectivity index (χ1v) is 7.78. The van der Waals surface area contributed by atoms with E-state index in [-0.39, 0.29) is 0 Å². The molecule has 112 valence electrons. The number of ether oxygens (including phenoxy) is 2. The molecule has 5 nitrogen and oxygen atoms in total. The summed E-state index contributed by atoms with van der Waals surface area (Å²) in [4.78, 5) is 0. The Bertz CT molecular complexity index is 627. The van der Waals surface area contributed by atoms with Crippen LogP contribution in [-0.4, -0.2) is 29.5 Å². The number of benzene rings is 1. The fourth-order valence-corrected chi connectivity index (χ4v) is 2.94. The van der Waals surface area contributed by atoms with Crippen LogP contribution in [0.25, 0.3) is 0 Å². The number of hydrogen-bond donors (Lipinski definition) is 1. The number of aromatic nitrogens is 2. The molecule has 0 aliphatic carbocycles. The van der Waals surface area contributed by atoms with Crippen LogP contribution in [-0.2, 0) is 20.0 Å². The summed E-state index contributed by atoms with van der Waals surface area (Å²) >= 11 is 3.54. The number of halogens is 1. The monoisotopic (exact) mass is 351 g/mol. The summed E-state index contributed by atoms with van der Waals surface area (Å²) in [5.41, 5.74) is 2.42. The van der Waals surface area contributed by atoms with Gasteiger partial charge in [0.1, 0.15) is 13.2 Å². The Morgan fingerprint density at radius 3 is 2.95 bits per heavy atom. The molecule has 2 aromatic rings. The fraction of sp³-hybridized carbons (Fsp3) is 0.400. The van der Waals surface area contributed by atoms with Crippen LogP contribution < -0.4 is 14.8 Å². The van der Waals surface area contributed by atoms with E-state index in [1.807, 2.05) is 30.2 Å². The van der Waals surface area contributed by atoms with Gasteiger partial charge in [-0.25, -0.2) is 0 Å². The summed E-state index contributed by atoms with van der Waals surface area (Å²) in [5, 5.41) is 7.60. The number of nitrogens with zero attached hydrogens (tertiary/aromatic N) is 2. The summed E-state index contributed by atoms with van der Waals surface area (Å²) in [6.45, 7) is 2.93. The minimum absolute atomic E-state index is 0.605. The van der Waals surface area contributed by atoms with Crippen LogP contribution in [0.4, 0.5) is 0 Å². The molecule has 1 aromatic carbocycles. The number of rotatable bonds is 5. The first kappa shape index (κ1) is 14.4. The second-order valence-electron chi connectivity index (χ2n) is 5.05. The van der Waals surface area contributed by atoms with Crippen molar-refractivity contribution >= 4 is 15.9 Å². The van der Waals surface area contributed by atoms with Gasteiger partial charge in [-0.05, 0) is 52.2 Å². The van der Waals surface area contributed by atoms with Gasteiger partial charge in [0.05, 0.1) is 10.7 Å². The molecule has 0 spiro atoms. The normalized spacial score (nSPS) is 13.4. The smallest absolute Gasteiger partial charge is 0.175 e. The Hall–Kier alpha value is -1.53. The van der Waals surface area contributed by atoms with Crippen LogP contribution in [0.15, 0.2) is 29.0 Å². The Morgan fingerprint density at radius 1 is 1.29 bits per heavy atom. The van der Waals surface area contributed by atoms with Gasteiger partial charge in [-0.15, -0.1) is 0 Å². The van der Waals surface area contributed by atoms with Crippen molar-refractivity contribution in [1.82, 2.24) is 15.1 Å². The molecule has 0 fully saturated rings. The quantitative estimate of drug-likeness (QED) is 0.839. The second kappa shape index (κ2) is 6.49. The molecule has 3 rings (SSSR count). The molecule has 6 heteroatoms. The van der Waals surface area contributed by atoms with Crippen molar-refractivity contribution in [3.05, 3.63) is 40.1 Å². The summed E-state index contributed by atoms with van der Waals surface area (Å²) < 4.78 is 14.0. The van der Waals surface area contributed by atoms with E-state index in [1.165, 1.54) is 11.1 Å². The Morgan fingerprint density at radius 2 is 2.14 bits per heavy atom. The van der Waals surface area contributed by atoms with E-state index in [1.54, 1.807) is 0 Å².